The quantitative estimate of drug-likeness (QED) is 0.371. The number of rotatable bonds is 12. The maximum absolute atomic E-state index is 10.8. The van der Waals surface area contributed by atoms with Crippen molar-refractivity contribution >= 4 is 12.0 Å². The van der Waals surface area contributed by atoms with Gasteiger partial charge in [0.1, 0.15) is 5.75 Å². The standard InChI is InChI=1S/C28H30O5/c29-25(17-18-33-27-12-5-4-10-23(27)14-16-28(31)32)15-13-22-9-6-11-24(19-22)26(30)20-21-7-2-1-3-8-21/h1-13,15,19,25-26,29-30H,14,16-18,20H2,(H,31,32)/b15-13+/t25-,26+/m0/s1. The molecule has 3 aromatic carbocycles. The van der Waals surface area contributed by atoms with Crippen molar-refractivity contribution in [1.82, 2.24) is 0 Å². The van der Waals surface area contributed by atoms with E-state index >= 15 is 0 Å². The largest absolute Gasteiger partial charge is 0.493 e. The summed E-state index contributed by atoms with van der Waals surface area (Å²) in [5.41, 5.74) is 3.65. The lowest BCUT2D eigenvalue weighted by Gasteiger charge is -2.13. The van der Waals surface area contributed by atoms with E-state index in [4.69, 9.17) is 9.84 Å². The van der Waals surface area contributed by atoms with Gasteiger partial charge in [-0.25, -0.2) is 0 Å². The lowest BCUT2D eigenvalue weighted by atomic mass is 9.99. The van der Waals surface area contributed by atoms with Crippen molar-refractivity contribution in [2.24, 2.45) is 0 Å². The molecule has 0 spiro atoms. The van der Waals surface area contributed by atoms with Crippen molar-refractivity contribution in [3.63, 3.8) is 0 Å². The van der Waals surface area contributed by atoms with Gasteiger partial charge in [0.05, 0.1) is 18.8 Å². The number of para-hydroxylation sites is 1. The summed E-state index contributed by atoms with van der Waals surface area (Å²) in [6.07, 6.45) is 3.66. The van der Waals surface area contributed by atoms with Crippen LogP contribution in [0.5, 0.6) is 5.75 Å². The van der Waals surface area contributed by atoms with Gasteiger partial charge in [0.2, 0.25) is 0 Å². The number of aryl methyl sites for hydroxylation is 1. The highest BCUT2D eigenvalue weighted by Gasteiger charge is 2.09. The normalized spacial score (nSPS) is 13.0. The molecule has 0 bridgehead atoms. The smallest absolute Gasteiger partial charge is 0.303 e. The summed E-state index contributed by atoms with van der Waals surface area (Å²) in [6.45, 7) is 0.311. The number of aliphatic hydroxyl groups excluding tert-OH is 2. The number of hydrogen-bond acceptors (Lipinski definition) is 4. The number of carbonyl (C=O) groups is 1. The summed E-state index contributed by atoms with van der Waals surface area (Å²) in [6, 6.07) is 24.9. The summed E-state index contributed by atoms with van der Waals surface area (Å²) in [5, 5.41) is 29.8. The zero-order chi connectivity index (χ0) is 23.5. The third-order valence-corrected chi connectivity index (χ3v) is 5.33. The fourth-order valence-corrected chi connectivity index (χ4v) is 3.53. The Morgan fingerprint density at radius 2 is 1.70 bits per heavy atom. The first-order valence-corrected chi connectivity index (χ1v) is 11.1. The maximum Gasteiger partial charge on any atom is 0.303 e. The Morgan fingerprint density at radius 3 is 2.48 bits per heavy atom. The predicted molar refractivity (Wildman–Crippen MR) is 129 cm³/mol. The molecule has 0 aliphatic heterocycles. The molecule has 0 amide bonds. The summed E-state index contributed by atoms with van der Waals surface area (Å²) >= 11 is 0. The van der Waals surface area contributed by atoms with E-state index in [0.717, 1.165) is 22.3 Å². The van der Waals surface area contributed by atoms with Crippen LogP contribution in [0.25, 0.3) is 6.08 Å². The van der Waals surface area contributed by atoms with Gasteiger partial charge in [0, 0.05) is 19.3 Å². The van der Waals surface area contributed by atoms with Crippen LogP contribution in [0.4, 0.5) is 0 Å². The van der Waals surface area contributed by atoms with Gasteiger partial charge in [-0.1, -0.05) is 78.9 Å². The molecule has 5 heteroatoms. The molecule has 0 unspecified atom stereocenters. The number of aliphatic carboxylic acids is 1. The van der Waals surface area contributed by atoms with E-state index in [2.05, 4.69) is 0 Å². The summed E-state index contributed by atoms with van der Waals surface area (Å²) in [4.78, 5) is 10.8. The zero-order valence-corrected chi connectivity index (χ0v) is 18.5. The monoisotopic (exact) mass is 446 g/mol. The van der Waals surface area contributed by atoms with Gasteiger partial charge in [-0.15, -0.1) is 0 Å². The minimum absolute atomic E-state index is 0.0465. The first kappa shape index (κ1) is 24.2. The van der Waals surface area contributed by atoms with Gasteiger partial charge in [0.15, 0.2) is 0 Å². The first-order valence-electron chi connectivity index (χ1n) is 11.1. The van der Waals surface area contributed by atoms with Crippen LogP contribution < -0.4 is 4.74 Å². The van der Waals surface area contributed by atoms with Crippen molar-refractivity contribution < 1.29 is 24.9 Å². The highest BCUT2D eigenvalue weighted by molar-refractivity contribution is 5.67. The van der Waals surface area contributed by atoms with E-state index < -0.39 is 18.2 Å². The molecule has 5 nitrogen and oxygen atoms in total. The molecular formula is C28H30O5. The van der Waals surface area contributed by atoms with Crippen LogP contribution in [0.1, 0.15) is 41.2 Å². The Bertz CT molecular complexity index is 1040. The number of carboxylic acids is 1. The van der Waals surface area contributed by atoms with Crippen LogP contribution in [0.2, 0.25) is 0 Å². The molecule has 0 aromatic heterocycles. The van der Waals surface area contributed by atoms with E-state index in [-0.39, 0.29) is 6.42 Å². The Kier molecular flexibility index (Phi) is 9.24. The van der Waals surface area contributed by atoms with E-state index in [1.807, 2.05) is 84.9 Å². The first-order chi connectivity index (χ1) is 16.0. The van der Waals surface area contributed by atoms with Gasteiger partial charge in [0.25, 0.3) is 0 Å². The van der Waals surface area contributed by atoms with Gasteiger partial charge in [-0.2, -0.15) is 0 Å². The highest BCUT2D eigenvalue weighted by Crippen LogP contribution is 2.21. The minimum Gasteiger partial charge on any atom is -0.493 e. The van der Waals surface area contributed by atoms with E-state index in [1.54, 1.807) is 6.08 Å². The molecule has 3 N–H and O–H groups in total. The molecule has 0 fully saturated rings. The van der Waals surface area contributed by atoms with Crippen LogP contribution in [-0.2, 0) is 17.6 Å². The van der Waals surface area contributed by atoms with Gasteiger partial charge < -0.3 is 20.1 Å². The third-order valence-electron chi connectivity index (χ3n) is 5.33. The minimum atomic E-state index is -0.845. The van der Waals surface area contributed by atoms with Crippen molar-refractivity contribution in [3.8, 4) is 5.75 Å². The van der Waals surface area contributed by atoms with E-state index in [0.29, 0.717) is 31.6 Å². The van der Waals surface area contributed by atoms with Crippen molar-refractivity contribution in [2.45, 2.75) is 37.9 Å². The molecule has 0 heterocycles. The van der Waals surface area contributed by atoms with Crippen molar-refractivity contribution in [3.05, 3.63) is 107 Å². The Morgan fingerprint density at radius 1 is 0.939 bits per heavy atom. The van der Waals surface area contributed by atoms with Gasteiger partial charge >= 0.3 is 5.97 Å². The molecule has 0 aliphatic rings. The molecule has 172 valence electrons. The lowest BCUT2D eigenvalue weighted by Crippen LogP contribution is -2.10. The number of aliphatic hydroxyl groups is 2. The number of hydrogen-bond donors (Lipinski definition) is 3. The van der Waals surface area contributed by atoms with E-state index in [1.165, 1.54) is 0 Å². The van der Waals surface area contributed by atoms with Crippen molar-refractivity contribution in [1.29, 1.82) is 0 Å². The Hall–Kier alpha value is -3.41. The lowest BCUT2D eigenvalue weighted by molar-refractivity contribution is -0.136. The average Bonchev–Trinajstić information content (AvgIpc) is 2.83. The second-order valence-corrected chi connectivity index (χ2v) is 7.94. The maximum atomic E-state index is 10.8. The molecule has 0 radical (unpaired) electrons. The highest BCUT2D eigenvalue weighted by atomic mass is 16.5. The second-order valence-electron chi connectivity index (χ2n) is 7.94. The topological polar surface area (TPSA) is 87.0 Å². The third kappa shape index (κ3) is 8.22. The van der Waals surface area contributed by atoms with Crippen LogP contribution in [0.15, 0.2) is 84.9 Å². The fourth-order valence-electron chi connectivity index (χ4n) is 3.53. The molecule has 3 aromatic rings. The number of ether oxygens (including phenoxy) is 1. The fraction of sp³-hybridized carbons (Fsp3) is 0.250. The molecule has 3 rings (SSSR count). The number of benzene rings is 3. The molecule has 0 aliphatic carbocycles. The zero-order valence-electron chi connectivity index (χ0n) is 18.5. The molecule has 33 heavy (non-hydrogen) atoms. The van der Waals surface area contributed by atoms with Gasteiger partial charge in [-0.3, -0.25) is 4.79 Å². The van der Waals surface area contributed by atoms with Gasteiger partial charge in [-0.05, 0) is 40.8 Å². The van der Waals surface area contributed by atoms with Crippen LogP contribution in [0, 0.1) is 0 Å². The average molecular weight is 447 g/mol. The summed E-state index contributed by atoms with van der Waals surface area (Å²) in [5.74, 6) is -0.197. The predicted octanol–water partition coefficient (Wildman–Crippen LogP) is 4.82. The van der Waals surface area contributed by atoms with E-state index in [9.17, 15) is 15.0 Å². The summed E-state index contributed by atoms with van der Waals surface area (Å²) in [7, 11) is 0. The summed E-state index contributed by atoms with van der Waals surface area (Å²) < 4.78 is 5.78. The molecular weight excluding hydrogens is 416 g/mol. The SMILES string of the molecule is O=C(O)CCc1ccccc1OCC[C@@H](O)/C=C/c1cccc([C@H](O)Cc2ccccc2)c1. The molecule has 2 atom stereocenters. The van der Waals surface area contributed by atoms with Crippen LogP contribution >= 0.6 is 0 Å². The Labute approximate surface area is 194 Å². The molecule has 0 saturated heterocycles. The second kappa shape index (κ2) is 12.6. The number of carboxylic acid groups (broad SMARTS) is 1. The van der Waals surface area contributed by atoms with Crippen LogP contribution in [-0.4, -0.2) is 34.0 Å². The molecule has 0 saturated carbocycles. The van der Waals surface area contributed by atoms with Crippen molar-refractivity contribution in [2.75, 3.05) is 6.61 Å². The van der Waals surface area contributed by atoms with Crippen LogP contribution in [0.3, 0.4) is 0 Å². The Balaban J connectivity index is 1.50.